The van der Waals surface area contributed by atoms with Gasteiger partial charge >= 0.3 is 0 Å². The number of ether oxygens (including phenoxy) is 1. The fraction of sp³-hybridized carbons (Fsp3) is 0.278. The summed E-state index contributed by atoms with van der Waals surface area (Å²) in [5.74, 6) is 0.0108. The van der Waals surface area contributed by atoms with Crippen LogP contribution in [-0.2, 0) is 21.4 Å². The van der Waals surface area contributed by atoms with Crippen molar-refractivity contribution in [2.45, 2.75) is 13.5 Å². The Morgan fingerprint density at radius 2 is 1.96 bits per heavy atom. The first-order valence-electron chi connectivity index (χ1n) is 7.84. The lowest BCUT2D eigenvalue weighted by Gasteiger charge is -2.22. The Kier molecular flexibility index (Phi) is 6.50. The highest BCUT2D eigenvalue weighted by atomic mass is 35.5. The van der Waals surface area contributed by atoms with E-state index in [-0.39, 0.29) is 11.6 Å². The third-order valence-electron chi connectivity index (χ3n) is 3.68. The van der Waals surface area contributed by atoms with Gasteiger partial charge in [-0.3, -0.25) is 9.10 Å². The molecule has 1 N–H and O–H groups in total. The highest BCUT2D eigenvalue weighted by Crippen LogP contribution is 2.30. The largest absolute Gasteiger partial charge is 0.495 e. The van der Waals surface area contributed by atoms with Crippen LogP contribution in [0.25, 0.3) is 0 Å². The number of carbonyl (C=O) groups is 1. The Morgan fingerprint density at radius 1 is 1.23 bits per heavy atom. The van der Waals surface area contributed by atoms with Crippen LogP contribution in [-0.4, -0.2) is 34.2 Å². The lowest BCUT2D eigenvalue weighted by molar-refractivity contribution is -0.119. The monoisotopic (exact) mass is 396 g/mol. The Labute approximate surface area is 158 Å². The van der Waals surface area contributed by atoms with Crippen LogP contribution in [0.1, 0.15) is 11.1 Å². The fourth-order valence-corrected chi connectivity index (χ4v) is 3.52. The first kappa shape index (κ1) is 20.1. The summed E-state index contributed by atoms with van der Waals surface area (Å²) in [6, 6.07) is 12.3. The SMILES string of the molecule is COc1ccc(N(CC(=O)NCc2cccc(C)c2)S(C)(=O)=O)cc1Cl. The second-order valence-electron chi connectivity index (χ2n) is 5.85. The number of rotatable bonds is 7. The number of benzene rings is 2. The molecule has 0 heterocycles. The van der Waals surface area contributed by atoms with Gasteiger partial charge in [-0.2, -0.15) is 0 Å². The van der Waals surface area contributed by atoms with Crippen molar-refractivity contribution in [2.24, 2.45) is 0 Å². The number of sulfonamides is 1. The minimum Gasteiger partial charge on any atom is -0.495 e. The van der Waals surface area contributed by atoms with E-state index in [1.165, 1.54) is 13.2 Å². The van der Waals surface area contributed by atoms with Crippen molar-refractivity contribution in [3.05, 3.63) is 58.6 Å². The zero-order chi connectivity index (χ0) is 19.3. The molecule has 0 radical (unpaired) electrons. The van der Waals surface area contributed by atoms with E-state index in [1.807, 2.05) is 31.2 Å². The zero-order valence-corrected chi connectivity index (χ0v) is 16.4. The average molecular weight is 397 g/mol. The molecular weight excluding hydrogens is 376 g/mol. The number of amides is 1. The number of carbonyl (C=O) groups excluding carboxylic acids is 1. The Hall–Kier alpha value is -2.25. The highest BCUT2D eigenvalue weighted by Gasteiger charge is 2.21. The normalized spacial score (nSPS) is 11.1. The van der Waals surface area contributed by atoms with Crippen molar-refractivity contribution in [1.29, 1.82) is 0 Å². The maximum absolute atomic E-state index is 12.3. The van der Waals surface area contributed by atoms with E-state index in [4.69, 9.17) is 16.3 Å². The Balaban J connectivity index is 2.13. The predicted molar refractivity (Wildman–Crippen MR) is 103 cm³/mol. The van der Waals surface area contributed by atoms with E-state index in [9.17, 15) is 13.2 Å². The van der Waals surface area contributed by atoms with Gasteiger partial charge in [-0.1, -0.05) is 41.4 Å². The number of nitrogens with one attached hydrogen (secondary N) is 1. The molecule has 2 aromatic rings. The lowest BCUT2D eigenvalue weighted by Crippen LogP contribution is -2.40. The number of methoxy groups -OCH3 is 1. The molecule has 0 aromatic heterocycles. The average Bonchev–Trinajstić information content (AvgIpc) is 2.57. The van der Waals surface area contributed by atoms with E-state index in [2.05, 4.69) is 5.32 Å². The molecule has 26 heavy (non-hydrogen) atoms. The number of aryl methyl sites for hydroxylation is 1. The number of hydrogen-bond donors (Lipinski definition) is 1. The molecule has 0 bridgehead atoms. The summed E-state index contributed by atoms with van der Waals surface area (Å²) in [6.45, 7) is 1.94. The molecule has 0 saturated carbocycles. The van der Waals surface area contributed by atoms with Gasteiger partial charge < -0.3 is 10.1 Å². The van der Waals surface area contributed by atoms with Gasteiger partial charge in [0.2, 0.25) is 15.9 Å². The maximum atomic E-state index is 12.3. The summed E-state index contributed by atoms with van der Waals surface area (Å²) in [4.78, 5) is 12.3. The topological polar surface area (TPSA) is 75.7 Å². The van der Waals surface area contributed by atoms with Gasteiger partial charge in [-0.15, -0.1) is 0 Å². The number of anilines is 1. The van der Waals surface area contributed by atoms with Gasteiger partial charge in [0, 0.05) is 6.54 Å². The standard InChI is InChI=1S/C18H21ClN2O4S/c1-13-5-4-6-14(9-13)11-20-18(22)12-21(26(3,23)24)15-7-8-17(25-2)16(19)10-15/h4-10H,11-12H2,1-3H3,(H,20,22). The molecule has 0 aliphatic heterocycles. The number of nitrogens with zero attached hydrogens (tertiary/aromatic N) is 1. The van der Waals surface area contributed by atoms with E-state index < -0.39 is 15.9 Å². The van der Waals surface area contributed by atoms with Crippen LogP contribution >= 0.6 is 11.6 Å². The highest BCUT2D eigenvalue weighted by molar-refractivity contribution is 7.92. The fourth-order valence-electron chi connectivity index (χ4n) is 2.42. The molecule has 1 amide bonds. The molecule has 0 fully saturated rings. The summed E-state index contributed by atoms with van der Waals surface area (Å²) in [6.07, 6.45) is 1.04. The van der Waals surface area contributed by atoms with Crippen molar-refractivity contribution in [1.82, 2.24) is 5.32 Å². The van der Waals surface area contributed by atoms with Crippen LogP contribution in [0.3, 0.4) is 0 Å². The predicted octanol–water partition coefficient (Wildman–Crippen LogP) is 2.74. The molecular formula is C18H21ClN2O4S. The van der Waals surface area contributed by atoms with Gasteiger partial charge in [0.15, 0.2) is 0 Å². The van der Waals surface area contributed by atoms with E-state index in [1.54, 1.807) is 12.1 Å². The van der Waals surface area contributed by atoms with Gasteiger partial charge in [-0.25, -0.2) is 8.42 Å². The molecule has 140 valence electrons. The summed E-state index contributed by atoms with van der Waals surface area (Å²) in [5.41, 5.74) is 2.32. The molecule has 2 aromatic carbocycles. The van der Waals surface area contributed by atoms with E-state index >= 15 is 0 Å². The molecule has 8 heteroatoms. The Bertz CT molecular complexity index is 900. The molecule has 6 nitrogen and oxygen atoms in total. The summed E-state index contributed by atoms with van der Waals surface area (Å²) < 4.78 is 30.3. The van der Waals surface area contributed by atoms with E-state index in [0.717, 1.165) is 21.7 Å². The van der Waals surface area contributed by atoms with Crippen LogP contribution < -0.4 is 14.4 Å². The molecule has 0 unspecified atom stereocenters. The number of halogens is 1. The minimum absolute atomic E-state index is 0.263. The second-order valence-corrected chi connectivity index (χ2v) is 8.17. The van der Waals surface area contributed by atoms with E-state index in [0.29, 0.717) is 18.0 Å². The van der Waals surface area contributed by atoms with Crippen molar-refractivity contribution in [2.75, 3.05) is 24.2 Å². The van der Waals surface area contributed by atoms with Gasteiger partial charge in [0.1, 0.15) is 12.3 Å². The van der Waals surface area contributed by atoms with Crippen LogP contribution in [0, 0.1) is 6.92 Å². The third kappa shape index (κ3) is 5.37. The third-order valence-corrected chi connectivity index (χ3v) is 5.12. The molecule has 0 aliphatic carbocycles. The first-order chi connectivity index (χ1) is 12.2. The number of hydrogen-bond acceptors (Lipinski definition) is 4. The van der Waals surface area contributed by atoms with Crippen LogP contribution in [0.2, 0.25) is 5.02 Å². The van der Waals surface area contributed by atoms with Crippen molar-refractivity contribution in [3.63, 3.8) is 0 Å². The van der Waals surface area contributed by atoms with Crippen LogP contribution in [0.4, 0.5) is 5.69 Å². The quantitative estimate of drug-likeness (QED) is 0.780. The van der Waals surface area contributed by atoms with Crippen LogP contribution in [0.5, 0.6) is 5.75 Å². The smallest absolute Gasteiger partial charge is 0.241 e. The first-order valence-corrected chi connectivity index (χ1v) is 10.1. The minimum atomic E-state index is -3.67. The molecule has 0 saturated heterocycles. The summed E-state index contributed by atoms with van der Waals surface area (Å²) in [7, 11) is -2.20. The molecule has 0 aliphatic rings. The summed E-state index contributed by atoms with van der Waals surface area (Å²) in [5, 5.41) is 3.00. The van der Waals surface area contributed by atoms with Crippen molar-refractivity contribution < 1.29 is 17.9 Å². The van der Waals surface area contributed by atoms with Gasteiger partial charge in [0.25, 0.3) is 0 Å². The second kappa shape index (κ2) is 8.42. The van der Waals surface area contributed by atoms with Crippen molar-refractivity contribution in [3.8, 4) is 5.75 Å². The zero-order valence-electron chi connectivity index (χ0n) is 14.8. The molecule has 0 spiro atoms. The molecule has 0 atom stereocenters. The van der Waals surface area contributed by atoms with Crippen LogP contribution in [0.15, 0.2) is 42.5 Å². The summed E-state index contributed by atoms with van der Waals surface area (Å²) >= 11 is 6.07. The lowest BCUT2D eigenvalue weighted by atomic mass is 10.1. The van der Waals surface area contributed by atoms with Gasteiger partial charge in [-0.05, 0) is 30.7 Å². The van der Waals surface area contributed by atoms with Crippen molar-refractivity contribution >= 4 is 33.2 Å². The Morgan fingerprint density at radius 3 is 2.54 bits per heavy atom. The molecule has 2 rings (SSSR count). The van der Waals surface area contributed by atoms with Gasteiger partial charge in [0.05, 0.1) is 24.1 Å². The maximum Gasteiger partial charge on any atom is 0.241 e.